The summed E-state index contributed by atoms with van der Waals surface area (Å²) in [7, 11) is 1.23. The lowest BCUT2D eigenvalue weighted by molar-refractivity contribution is -0.149. The highest BCUT2D eigenvalue weighted by Gasteiger charge is 2.36. The van der Waals surface area contributed by atoms with Gasteiger partial charge >= 0.3 is 0 Å². The average molecular weight is 373 g/mol. The van der Waals surface area contributed by atoms with E-state index in [2.05, 4.69) is 5.32 Å². The third kappa shape index (κ3) is 8.89. The van der Waals surface area contributed by atoms with Crippen LogP contribution in [0.3, 0.4) is 0 Å². The first-order chi connectivity index (χ1) is 11.9. The zero-order chi connectivity index (χ0) is 20.5. The number of allylic oxidation sites excluding steroid dienone is 1. The number of ether oxygens (including phenoxy) is 1. The second-order valence-corrected chi connectivity index (χ2v) is 7.72. The molecule has 0 aliphatic heterocycles. The van der Waals surface area contributed by atoms with E-state index in [9.17, 15) is 24.9 Å². The molecule has 5 atom stereocenters. The number of nitrogens with one attached hydrogen (secondary N) is 1. The van der Waals surface area contributed by atoms with Crippen molar-refractivity contribution in [2.24, 2.45) is 11.3 Å². The van der Waals surface area contributed by atoms with Crippen molar-refractivity contribution in [1.82, 2.24) is 5.32 Å². The molecule has 0 aromatic heterocycles. The van der Waals surface area contributed by atoms with Crippen molar-refractivity contribution in [1.29, 1.82) is 0 Å². The highest BCUT2D eigenvalue weighted by Crippen LogP contribution is 2.18. The summed E-state index contributed by atoms with van der Waals surface area (Å²) in [5.41, 5.74) is -0.205. The molecular formula is C19H35NO6. The Morgan fingerprint density at radius 3 is 2.19 bits per heavy atom. The van der Waals surface area contributed by atoms with Gasteiger partial charge in [-0.05, 0) is 11.8 Å². The number of hydrogen-bond acceptors (Lipinski definition) is 6. The molecule has 0 rings (SSSR count). The summed E-state index contributed by atoms with van der Waals surface area (Å²) in [6.07, 6.45) is -2.14. The minimum absolute atomic E-state index is 0.133. The number of Topliss-reactive ketones (excluding diaryl/α,β-unsaturated/α-hetero) is 1. The van der Waals surface area contributed by atoms with Crippen LogP contribution in [-0.4, -0.2) is 65.1 Å². The maximum Gasteiger partial charge on any atom is 0.223 e. The van der Waals surface area contributed by atoms with Crippen molar-refractivity contribution in [3.8, 4) is 0 Å². The summed E-state index contributed by atoms with van der Waals surface area (Å²) in [6.45, 7) is 9.83. The van der Waals surface area contributed by atoms with Crippen molar-refractivity contribution >= 4 is 11.7 Å². The second kappa shape index (κ2) is 11.4. The molecule has 0 unspecified atom stereocenters. The smallest absolute Gasteiger partial charge is 0.223 e. The fourth-order valence-corrected chi connectivity index (χ4v) is 2.28. The molecule has 4 N–H and O–H groups in total. The molecule has 0 spiro atoms. The van der Waals surface area contributed by atoms with Crippen LogP contribution in [0.25, 0.3) is 0 Å². The summed E-state index contributed by atoms with van der Waals surface area (Å²) < 4.78 is 5.03. The highest BCUT2D eigenvalue weighted by atomic mass is 16.5. The summed E-state index contributed by atoms with van der Waals surface area (Å²) in [5.74, 6) is -1.34. The van der Waals surface area contributed by atoms with E-state index in [1.54, 1.807) is 13.0 Å². The quantitative estimate of drug-likeness (QED) is 0.398. The van der Waals surface area contributed by atoms with Crippen LogP contribution in [-0.2, 0) is 14.3 Å². The number of aliphatic hydroxyl groups excluding tert-OH is 3. The standard InChI is InChI=1S/C19H35NO6/c1-7-10-20-18(25)12(2)11-14(22)17(26-6)16(24)15(23)13(21)8-9-19(3,4)5/h8-9,12-13,15-17,21,23-24H,7,10-11H2,1-6H3,(H,20,25)/b9-8+/t12-,13-,15+,16-,17+/m1/s1. The normalized spacial score (nSPS) is 18.2. The number of hydrogen-bond donors (Lipinski definition) is 4. The van der Waals surface area contributed by atoms with Crippen LogP contribution < -0.4 is 5.32 Å². The van der Waals surface area contributed by atoms with Crippen LogP contribution in [0.1, 0.15) is 47.5 Å². The van der Waals surface area contributed by atoms with E-state index < -0.39 is 36.1 Å². The maximum absolute atomic E-state index is 12.4. The predicted molar refractivity (Wildman–Crippen MR) is 99.5 cm³/mol. The van der Waals surface area contributed by atoms with Gasteiger partial charge in [0.1, 0.15) is 24.4 Å². The molecule has 0 bridgehead atoms. The van der Waals surface area contributed by atoms with Gasteiger partial charge in [-0.2, -0.15) is 0 Å². The van der Waals surface area contributed by atoms with E-state index >= 15 is 0 Å². The fourth-order valence-electron chi connectivity index (χ4n) is 2.28. The fraction of sp³-hybridized carbons (Fsp3) is 0.789. The summed E-state index contributed by atoms with van der Waals surface area (Å²) >= 11 is 0. The lowest BCUT2D eigenvalue weighted by atomic mass is 9.92. The van der Waals surface area contributed by atoms with Gasteiger partial charge < -0.3 is 25.4 Å². The number of carbonyl (C=O) groups is 2. The number of amides is 1. The van der Waals surface area contributed by atoms with Gasteiger partial charge in [0, 0.05) is 26.0 Å². The summed E-state index contributed by atoms with van der Waals surface area (Å²) in [4.78, 5) is 24.2. The molecule has 0 saturated heterocycles. The van der Waals surface area contributed by atoms with E-state index in [0.717, 1.165) is 6.42 Å². The van der Waals surface area contributed by atoms with E-state index in [-0.39, 0.29) is 17.7 Å². The zero-order valence-corrected chi connectivity index (χ0v) is 16.7. The van der Waals surface area contributed by atoms with Crippen LogP contribution in [0.2, 0.25) is 0 Å². The van der Waals surface area contributed by atoms with E-state index in [1.165, 1.54) is 13.2 Å². The van der Waals surface area contributed by atoms with Crippen LogP contribution in [0.15, 0.2) is 12.2 Å². The third-order valence-corrected chi connectivity index (χ3v) is 3.88. The van der Waals surface area contributed by atoms with Crippen molar-refractivity contribution < 1.29 is 29.6 Å². The summed E-state index contributed by atoms with van der Waals surface area (Å²) in [6, 6.07) is 0. The lowest BCUT2D eigenvalue weighted by Gasteiger charge is -2.27. The van der Waals surface area contributed by atoms with E-state index in [1.807, 2.05) is 27.7 Å². The van der Waals surface area contributed by atoms with Gasteiger partial charge in [0.05, 0.1) is 0 Å². The van der Waals surface area contributed by atoms with Gasteiger partial charge in [-0.1, -0.05) is 46.8 Å². The number of methoxy groups -OCH3 is 1. The first kappa shape index (κ1) is 24.7. The minimum Gasteiger partial charge on any atom is -0.387 e. The molecule has 0 heterocycles. The Bertz CT molecular complexity index is 471. The number of ketones is 1. The average Bonchev–Trinajstić information content (AvgIpc) is 2.56. The summed E-state index contributed by atoms with van der Waals surface area (Å²) in [5, 5.41) is 33.1. The minimum atomic E-state index is -1.61. The molecule has 0 aliphatic rings. The Morgan fingerprint density at radius 1 is 1.15 bits per heavy atom. The number of aliphatic hydroxyl groups is 3. The molecule has 1 amide bonds. The Labute approximate surface area is 156 Å². The molecular weight excluding hydrogens is 338 g/mol. The van der Waals surface area contributed by atoms with Gasteiger partial charge in [0.15, 0.2) is 5.78 Å². The molecule has 0 saturated carbocycles. The Hall–Kier alpha value is -1.28. The van der Waals surface area contributed by atoms with Crippen molar-refractivity contribution in [2.45, 2.75) is 71.9 Å². The number of rotatable bonds is 11. The van der Waals surface area contributed by atoms with Crippen LogP contribution in [0.4, 0.5) is 0 Å². The molecule has 0 aromatic rings. The van der Waals surface area contributed by atoms with Crippen molar-refractivity contribution in [3.63, 3.8) is 0 Å². The second-order valence-electron chi connectivity index (χ2n) is 7.72. The van der Waals surface area contributed by atoms with Crippen molar-refractivity contribution in [3.05, 3.63) is 12.2 Å². The van der Waals surface area contributed by atoms with Crippen LogP contribution >= 0.6 is 0 Å². The monoisotopic (exact) mass is 373 g/mol. The molecule has 0 radical (unpaired) electrons. The van der Waals surface area contributed by atoms with Gasteiger partial charge in [-0.3, -0.25) is 9.59 Å². The molecule has 26 heavy (non-hydrogen) atoms. The van der Waals surface area contributed by atoms with E-state index in [4.69, 9.17) is 4.74 Å². The largest absolute Gasteiger partial charge is 0.387 e. The maximum atomic E-state index is 12.4. The van der Waals surface area contributed by atoms with E-state index in [0.29, 0.717) is 6.54 Å². The Balaban J connectivity index is 4.89. The predicted octanol–water partition coefficient (Wildman–Crippen LogP) is 0.808. The van der Waals surface area contributed by atoms with Gasteiger partial charge in [0.25, 0.3) is 0 Å². The first-order valence-corrected chi connectivity index (χ1v) is 9.01. The van der Waals surface area contributed by atoms with Gasteiger partial charge in [-0.25, -0.2) is 0 Å². The Morgan fingerprint density at radius 2 is 1.73 bits per heavy atom. The Kier molecular flexibility index (Phi) is 10.9. The molecule has 152 valence electrons. The molecule has 0 fully saturated rings. The molecule has 0 aromatic carbocycles. The molecule has 7 nitrogen and oxygen atoms in total. The SMILES string of the molecule is CCCNC(=O)[C@H](C)CC(=O)[C@H](OC)[C@H](O)[C@@H](O)[C@H](O)/C=C/C(C)(C)C. The first-order valence-electron chi connectivity index (χ1n) is 9.01. The zero-order valence-electron chi connectivity index (χ0n) is 16.7. The van der Waals surface area contributed by atoms with Crippen LogP contribution in [0, 0.1) is 11.3 Å². The van der Waals surface area contributed by atoms with Crippen LogP contribution in [0.5, 0.6) is 0 Å². The molecule has 7 heteroatoms. The highest BCUT2D eigenvalue weighted by molar-refractivity contribution is 5.89. The van der Waals surface area contributed by atoms with Crippen molar-refractivity contribution in [2.75, 3.05) is 13.7 Å². The third-order valence-electron chi connectivity index (χ3n) is 3.88. The lowest BCUT2D eigenvalue weighted by Crippen LogP contribution is -2.48. The van der Waals surface area contributed by atoms with Gasteiger partial charge in [-0.15, -0.1) is 0 Å². The number of carbonyl (C=O) groups excluding carboxylic acids is 2. The topological polar surface area (TPSA) is 116 Å². The van der Waals surface area contributed by atoms with Gasteiger partial charge in [0.2, 0.25) is 5.91 Å². The molecule has 0 aliphatic carbocycles.